The second-order valence-corrected chi connectivity index (χ2v) is 8.36. The molecule has 2 aliphatic rings. The Kier molecular flexibility index (Phi) is 7.75. The summed E-state index contributed by atoms with van der Waals surface area (Å²) in [6, 6.07) is 0.885. The van der Waals surface area contributed by atoms with Gasteiger partial charge in [-0.05, 0) is 24.8 Å². The summed E-state index contributed by atoms with van der Waals surface area (Å²) < 4.78 is 0. The number of hydrazine groups is 1. The van der Waals surface area contributed by atoms with Crippen LogP contribution >= 0.6 is 0 Å². The molecule has 0 bridgehead atoms. The van der Waals surface area contributed by atoms with Gasteiger partial charge in [-0.2, -0.15) is 4.98 Å². The quantitative estimate of drug-likeness (QED) is 0.294. The molecule has 3 amide bonds. The van der Waals surface area contributed by atoms with Gasteiger partial charge in [0.25, 0.3) is 0 Å². The second-order valence-electron chi connectivity index (χ2n) is 8.36. The summed E-state index contributed by atoms with van der Waals surface area (Å²) >= 11 is 0. The third-order valence-electron chi connectivity index (χ3n) is 5.82. The van der Waals surface area contributed by atoms with Crippen molar-refractivity contribution in [2.24, 2.45) is 11.8 Å². The highest BCUT2D eigenvalue weighted by Gasteiger charge is 2.39. The smallest absolute Gasteiger partial charge is 0.250 e. The molecule has 170 valence electrons. The van der Waals surface area contributed by atoms with Crippen LogP contribution in [0.4, 0.5) is 11.8 Å². The molecule has 0 spiro atoms. The summed E-state index contributed by atoms with van der Waals surface area (Å²) in [5, 5.41) is 14.3. The van der Waals surface area contributed by atoms with Gasteiger partial charge in [-0.15, -0.1) is 0 Å². The fraction of sp³-hybridized carbons (Fsp3) is 0.650. The largest absolute Gasteiger partial charge is 0.347 e. The molecule has 2 fully saturated rings. The number of aromatic nitrogens is 2. The van der Waals surface area contributed by atoms with E-state index in [9.17, 15) is 19.6 Å². The Morgan fingerprint density at radius 1 is 1.35 bits per heavy atom. The van der Waals surface area contributed by atoms with Crippen molar-refractivity contribution < 1.29 is 19.6 Å². The minimum absolute atomic E-state index is 0.0938. The van der Waals surface area contributed by atoms with Crippen LogP contribution in [0.5, 0.6) is 0 Å². The molecule has 1 aromatic heterocycles. The number of rotatable bonds is 9. The molecule has 3 N–H and O–H groups in total. The summed E-state index contributed by atoms with van der Waals surface area (Å²) in [5.74, 6) is -0.0236. The van der Waals surface area contributed by atoms with Crippen LogP contribution in [0.3, 0.4) is 0 Å². The van der Waals surface area contributed by atoms with E-state index >= 15 is 0 Å². The first-order valence-corrected chi connectivity index (χ1v) is 10.7. The average Bonchev–Trinajstić information content (AvgIpc) is 3.45. The lowest BCUT2D eigenvalue weighted by molar-refractivity contribution is -0.159. The standard InChI is InChI=1S/C20H31N7O4/c1-25(2)20-21-9-8-17(24-20)23-18(29)16-7-10-22-27(16)19(30)15(12-26(31)13-28)11-14-5-3-4-6-14/h8-9,13-16,22,31H,3-7,10-12H2,1-2H3,(H,21,23,24,29). The van der Waals surface area contributed by atoms with E-state index in [0.717, 1.165) is 25.7 Å². The van der Waals surface area contributed by atoms with Crippen molar-refractivity contribution in [1.29, 1.82) is 0 Å². The molecule has 2 atom stereocenters. The van der Waals surface area contributed by atoms with Crippen molar-refractivity contribution in [2.45, 2.75) is 44.6 Å². The van der Waals surface area contributed by atoms with Crippen molar-refractivity contribution in [1.82, 2.24) is 25.5 Å². The molecule has 1 aliphatic heterocycles. The summed E-state index contributed by atoms with van der Waals surface area (Å²) in [6.07, 6.45) is 7.22. The van der Waals surface area contributed by atoms with Crippen molar-refractivity contribution in [3.05, 3.63) is 12.3 Å². The lowest BCUT2D eigenvalue weighted by Gasteiger charge is -2.29. The van der Waals surface area contributed by atoms with Gasteiger partial charge in [0.05, 0.1) is 12.5 Å². The molecule has 11 heteroatoms. The number of carbonyl (C=O) groups excluding carboxylic acids is 3. The lowest BCUT2D eigenvalue weighted by Crippen LogP contribution is -2.51. The van der Waals surface area contributed by atoms with Crippen molar-refractivity contribution in [2.75, 3.05) is 37.4 Å². The van der Waals surface area contributed by atoms with Crippen LogP contribution in [-0.4, -0.2) is 76.7 Å². The highest BCUT2D eigenvalue weighted by atomic mass is 16.5. The highest BCUT2D eigenvalue weighted by Crippen LogP contribution is 2.31. The van der Waals surface area contributed by atoms with Crippen LogP contribution < -0.4 is 15.6 Å². The zero-order valence-electron chi connectivity index (χ0n) is 18.0. The first-order chi connectivity index (χ1) is 14.9. The van der Waals surface area contributed by atoms with Gasteiger partial charge in [0.2, 0.25) is 24.2 Å². The molecule has 11 nitrogen and oxygen atoms in total. The van der Waals surface area contributed by atoms with E-state index in [1.54, 1.807) is 31.3 Å². The number of hydroxylamine groups is 2. The molecule has 1 saturated heterocycles. The topological polar surface area (TPSA) is 131 Å². The van der Waals surface area contributed by atoms with Crippen LogP contribution in [0.2, 0.25) is 0 Å². The highest BCUT2D eigenvalue weighted by molar-refractivity contribution is 5.97. The monoisotopic (exact) mass is 433 g/mol. The van der Waals surface area contributed by atoms with Crippen LogP contribution in [0.25, 0.3) is 0 Å². The summed E-state index contributed by atoms with van der Waals surface area (Å²) in [5.41, 5.74) is 2.99. The number of nitrogens with zero attached hydrogens (tertiary/aromatic N) is 5. The minimum atomic E-state index is -0.709. The number of anilines is 2. The van der Waals surface area contributed by atoms with Gasteiger partial charge >= 0.3 is 0 Å². The van der Waals surface area contributed by atoms with E-state index in [4.69, 9.17) is 0 Å². The number of carbonyl (C=O) groups is 3. The van der Waals surface area contributed by atoms with Crippen molar-refractivity contribution in [3.8, 4) is 0 Å². The predicted molar refractivity (Wildman–Crippen MR) is 113 cm³/mol. The Morgan fingerprint density at radius 3 is 2.77 bits per heavy atom. The zero-order valence-corrected chi connectivity index (χ0v) is 18.0. The van der Waals surface area contributed by atoms with E-state index in [2.05, 4.69) is 20.7 Å². The maximum Gasteiger partial charge on any atom is 0.250 e. The normalized spacial score (nSPS) is 19.8. The molecule has 1 saturated carbocycles. The summed E-state index contributed by atoms with van der Waals surface area (Å²) in [7, 11) is 3.60. The van der Waals surface area contributed by atoms with Gasteiger partial charge in [-0.3, -0.25) is 24.6 Å². The third-order valence-corrected chi connectivity index (χ3v) is 5.82. The summed E-state index contributed by atoms with van der Waals surface area (Å²) in [6.45, 7) is 0.382. The van der Waals surface area contributed by atoms with E-state index in [-0.39, 0.29) is 18.4 Å². The SMILES string of the molecule is CN(C)c1nccc(NC(=O)C2CCNN2C(=O)C(CC2CCCC2)CN(O)C=O)n1. The minimum Gasteiger partial charge on any atom is -0.347 e. The molecule has 1 aliphatic carbocycles. The van der Waals surface area contributed by atoms with Gasteiger partial charge < -0.3 is 10.2 Å². The van der Waals surface area contributed by atoms with Gasteiger partial charge in [0, 0.05) is 26.8 Å². The molecular weight excluding hydrogens is 402 g/mol. The van der Waals surface area contributed by atoms with E-state index in [0.29, 0.717) is 48.5 Å². The number of amides is 3. The maximum absolute atomic E-state index is 13.3. The fourth-order valence-electron chi connectivity index (χ4n) is 4.25. The van der Waals surface area contributed by atoms with Crippen LogP contribution in [0, 0.1) is 11.8 Å². The Bertz CT molecular complexity index is 785. The lowest BCUT2D eigenvalue weighted by atomic mass is 9.92. The number of nitrogens with one attached hydrogen (secondary N) is 2. The Labute approximate surface area is 181 Å². The Hall–Kier alpha value is -2.79. The van der Waals surface area contributed by atoms with Crippen LogP contribution in [0.15, 0.2) is 12.3 Å². The zero-order chi connectivity index (χ0) is 22.4. The van der Waals surface area contributed by atoms with Gasteiger partial charge in [-0.1, -0.05) is 25.7 Å². The molecule has 0 radical (unpaired) electrons. The van der Waals surface area contributed by atoms with E-state index in [1.807, 2.05) is 0 Å². The van der Waals surface area contributed by atoms with Crippen molar-refractivity contribution in [3.63, 3.8) is 0 Å². The first kappa shape index (κ1) is 22.9. The maximum atomic E-state index is 13.3. The van der Waals surface area contributed by atoms with Crippen LogP contribution in [0.1, 0.15) is 38.5 Å². The van der Waals surface area contributed by atoms with Gasteiger partial charge in [-0.25, -0.2) is 15.5 Å². The molecule has 2 heterocycles. The molecule has 1 aromatic rings. The fourth-order valence-corrected chi connectivity index (χ4v) is 4.25. The molecule has 2 unspecified atom stereocenters. The van der Waals surface area contributed by atoms with E-state index < -0.39 is 12.0 Å². The molecule has 31 heavy (non-hydrogen) atoms. The molecule has 0 aromatic carbocycles. The number of hydrogen-bond acceptors (Lipinski definition) is 8. The predicted octanol–water partition coefficient (Wildman–Crippen LogP) is 0.631. The van der Waals surface area contributed by atoms with Crippen molar-refractivity contribution >= 4 is 30.0 Å². The summed E-state index contributed by atoms with van der Waals surface area (Å²) in [4.78, 5) is 47.3. The number of hydrogen-bond donors (Lipinski definition) is 3. The van der Waals surface area contributed by atoms with E-state index in [1.165, 1.54) is 5.01 Å². The molecular formula is C20H31N7O4. The van der Waals surface area contributed by atoms with Gasteiger partial charge in [0.15, 0.2) is 0 Å². The Balaban J connectivity index is 1.70. The van der Waals surface area contributed by atoms with Gasteiger partial charge in [0.1, 0.15) is 11.9 Å². The molecule has 3 rings (SSSR count). The van der Waals surface area contributed by atoms with Crippen LogP contribution in [-0.2, 0) is 14.4 Å². The Morgan fingerprint density at radius 2 is 2.10 bits per heavy atom. The second kappa shape index (κ2) is 10.5. The average molecular weight is 434 g/mol. The first-order valence-electron chi connectivity index (χ1n) is 10.7. The third kappa shape index (κ3) is 5.88.